The molecule has 4 aliphatic rings. The molecule has 0 aromatic heterocycles. The summed E-state index contributed by atoms with van der Waals surface area (Å²) in [6.07, 6.45) is 5.38. The maximum atomic E-state index is 14.0. The molecule has 13 nitrogen and oxygen atoms in total. The lowest BCUT2D eigenvalue weighted by molar-refractivity contribution is -0.135. The number of methoxy groups -OCH3 is 2. The van der Waals surface area contributed by atoms with Gasteiger partial charge in [-0.2, -0.15) is 0 Å². The third kappa shape index (κ3) is 6.77. The summed E-state index contributed by atoms with van der Waals surface area (Å²) in [5, 5.41) is 0. The van der Waals surface area contributed by atoms with Crippen LogP contribution in [0.1, 0.15) is 58.0 Å². The van der Waals surface area contributed by atoms with Crippen molar-refractivity contribution in [2.75, 3.05) is 37.2 Å². The van der Waals surface area contributed by atoms with E-state index < -0.39 is 5.97 Å². The zero-order chi connectivity index (χ0) is 38.2. The van der Waals surface area contributed by atoms with Crippen LogP contribution in [0.15, 0.2) is 76.7 Å². The van der Waals surface area contributed by atoms with E-state index in [2.05, 4.69) is 9.98 Å². The van der Waals surface area contributed by atoms with Crippen molar-refractivity contribution in [3.05, 3.63) is 89.0 Å². The van der Waals surface area contributed by atoms with Gasteiger partial charge in [0.25, 0.3) is 11.8 Å². The predicted octanol–water partition coefficient (Wildman–Crippen LogP) is 6.40. The van der Waals surface area contributed by atoms with Crippen molar-refractivity contribution in [1.29, 1.82) is 0 Å². The first-order valence-corrected chi connectivity index (χ1v) is 18.1. The topological polar surface area (TPSA) is 146 Å². The lowest BCUT2D eigenvalue weighted by Crippen LogP contribution is -2.37. The Kier molecular flexibility index (Phi) is 9.51. The number of rotatable bonds is 12. The van der Waals surface area contributed by atoms with Gasteiger partial charge >= 0.3 is 5.97 Å². The highest BCUT2D eigenvalue weighted by Gasteiger charge is 2.38. The molecule has 4 aromatic carbocycles. The highest BCUT2D eigenvalue weighted by Crippen LogP contribution is 2.43. The van der Waals surface area contributed by atoms with Gasteiger partial charge < -0.3 is 28.5 Å². The minimum atomic E-state index is -0.488. The van der Waals surface area contributed by atoms with Crippen LogP contribution in [0.25, 0.3) is 0 Å². The Balaban J connectivity index is 0.912. The van der Waals surface area contributed by atoms with E-state index in [1.807, 2.05) is 30.5 Å². The first-order chi connectivity index (χ1) is 26.7. The molecule has 0 saturated carbocycles. The van der Waals surface area contributed by atoms with E-state index in [0.29, 0.717) is 76.2 Å². The Morgan fingerprint density at radius 3 is 1.84 bits per heavy atom. The van der Waals surface area contributed by atoms with Crippen molar-refractivity contribution in [3.63, 3.8) is 0 Å². The lowest BCUT2D eigenvalue weighted by Gasteiger charge is -2.22. The Morgan fingerprint density at radius 2 is 1.25 bits per heavy atom. The van der Waals surface area contributed by atoms with E-state index >= 15 is 0 Å². The summed E-state index contributed by atoms with van der Waals surface area (Å²) in [5.74, 6) is 1.12. The fourth-order valence-corrected chi connectivity index (χ4v) is 7.37. The number of hydrogen-bond acceptors (Lipinski definition) is 11. The second-order valence-electron chi connectivity index (χ2n) is 13.6. The van der Waals surface area contributed by atoms with E-state index in [1.54, 1.807) is 58.5 Å². The van der Waals surface area contributed by atoms with E-state index in [-0.39, 0.29) is 55.7 Å². The average molecular weight is 743 g/mol. The molecule has 0 fully saturated rings. The van der Waals surface area contributed by atoms with Crippen LogP contribution in [0.2, 0.25) is 0 Å². The number of aliphatic imine (C=N–C) groups is 2. The molecule has 0 radical (unpaired) electrons. The smallest absolute Gasteiger partial charge is 0.311 e. The molecular weight excluding hydrogens is 704 g/mol. The number of fused-ring (bicyclic) bond motifs is 8. The van der Waals surface area contributed by atoms with Crippen LogP contribution in [0.3, 0.4) is 0 Å². The fraction of sp³-hybridized carbons (Fsp3) is 0.286. The molecule has 4 aliphatic heterocycles. The monoisotopic (exact) mass is 742 g/mol. The SMILES string of the molecule is COc1cc2c(cc1OCCCOc1cc3c(cc1OC)C(=O)N1c4ccc(OC(=O)CCC(C)=O)cc4C[C@H]1C=N3)N=C[C@@H]1Cc3ccccc3N1C2=O. The van der Waals surface area contributed by atoms with Crippen LogP contribution in [0, 0.1) is 0 Å². The van der Waals surface area contributed by atoms with Gasteiger partial charge in [-0.3, -0.25) is 34.2 Å². The molecule has 4 heterocycles. The summed E-state index contributed by atoms with van der Waals surface area (Å²) >= 11 is 0. The number of hydrogen-bond donors (Lipinski definition) is 0. The Hall–Kier alpha value is -6.50. The molecule has 8 rings (SSSR count). The highest BCUT2D eigenvalue weighted by molar-refractivity contribution is 6.16. The molecule has 55 heavy (non-hydrogen) atoms. The third-order valence-electron chi connectivity index (χ3n) is 10.0. The number of anilines is 2. The summed E-state index contributed by atoms with van der Waals surface area (Å²) < 4.78 is 28.9. The molecule has 0 bridgehead atoms. The van der Waals surface area contributed by atoms with Gasteiger partial charge in [0.05, 0.1) is 68.4 Å². The number of benzene rings is 4. The Bertz CT molecular complexity index is 2300. The second-order valence-corrected chi connectivity index (χ2v) is 13.6. The van der Waals surface area contributed by atoms with Crippen LogP contribution in [0.4, 0.5) is 22.7 Å². The summed E-state index contributed by atoms with van der Waals surface area (Å²) in [6.45, 7) is 1.99. The van der Waals surface area contributed by atoms with Gasteiger partial charge in [0.15, 0.2) is 23.0 Å². The summed E-state index contributed by atoms with van der Waals surface area (Å²) in [6, 6.07) is 19.3. The number of carbonyl (C=O) groups is 4. The number of Topliss-reactive ketones (excluding diaryl/α,β-unsaturated/α-hetero) is 1. The van der Waals surface area contributed by atoms with Crippen LogP contribution >= 0.6 is 0 Å². The number of para-hydroxylation sites is 1. The largest absolute Gasteiger partial charge is 0.493 e. The van der Waals surface area contributed by atoms with Crippen molar-refractivity contribution in [1.82, 2.24) is 0 Å². The molecule has 280 valence electrons. The molecule has 0 aliphatic carbocycles. The number of carbonyl (C=O) groups excluding carboxylic acids is 4. The summed E-state index contributed by atoms with van der Waals surface area (Å²) in [5.41, 5.74) is 5.33. The van der Waals surface area contributed by atoms with Crippen LogP contribution in [-0.2, 0) is 22.4 Å². The number of ether oxygens (including phenoxy) is 5. The van der Waals surface area contributed by atoms with Gasteiger partial charge in [-0.05, 0) is 54.4 Å². The number of amides is 2. The summed E-state index contributed by atoms with van der Waals surface area (Å²) in [7, 11) is 3.04. The lowest BCUT2D eigenvalue weighted by atomic mass is 10.1. The molecule has 4 aromatic rings. The molecule has 0 saturated heterocycles. The quantitative estimate of drug-likeness (QED) is 0.0915. The van der Waals surface area contributed by atoms with Crippen molar-refractivity contribution >= 4 is 58.7 Å². The maximum Gasteiger partial charge on any atom is 0.311 e. The molecule has 13 heteroatoms. The van der Waals surface area contributed by atoms with Crippen LogP contribution in [-0.4, -0.2) is 75.5 Å². The minimum Gasteiger partial charge on any atom is -0.493 e. The van der Waals surface area contributed by atoms with E-state index in [1.165, 1.54) is 21.1 Å². The second kappa shape index (κ2) is 14.7. The molecule has 0 N–H and O–H groups in total. The highest BCUT2D eigenvalue weighted by atomic mass is 16.5. The minimum absolute atomic E-state index is 0.00485. The van der Waals surface area contributed by atoms with Gasteiger partial charge in [0, 0.05) is 61.6 Å². The van der Waals surface area contributed by atoms with Gasteiger partial charge in [-0.15, -0.1) is 0 Å². The molecule has 2 atom stereocenters. The van der Waals surface area contributed by atoms with Crippen molar-refractivity contribution < 1.29 is 42.9 Å². The standard InChI is InChI=1S/C42H38N4O9/c1-24(47)9-12-40(48)55-29-10-11-35-26(17-29)16-28-23-44-33-21-39(37(52-3)19-31(33)42(50)46(28)35)54-14-6-13-53-38-20-32-30(18-36(38)51-2)41(49)45-27(22-43-32)15-25-7-4-5-8-34(25)45/h4-5,7-8,10-11,17-23,27-28H,6,9,12-16H2,1-3H3/t27-,28-/m0/s1. The normalized spacial score (nSPS) is 17.2. The van der Waals surface area contributed by atoms with E-state index in [0.717, 1.165) is 16.8 Å². The molecular formula is C42H38N4O9. The van der Waals surface area contributed by atoms with Gasteiger partial charge in [-0.25, -0.2) is 0 Å². The van der Waals surface area contributed by atoms with E-state index in [9.17, 15) is 19.2 Å². The van der Waals surface area contributed by atoms with Crippen LogP contribution in [0.5, 0.6) is 28.7 Å². The average Bonchev–Trinajstić information content (AvgIpc) is 3.67. The predicted molar refractivity (Wildman–Crippen MR) is 205 cm³/mol. The Morgan fingerprint density at radius 1 is 0.691 bits per heavy atom. The number of nitrogens with zero attached hydrogens (tertiary/aromatic N) is 4. The first-order valence-electron chi connectivity index (χ1n) is 18.1. The number of ketones is 1. The fourth-order valence-electron chi connectivity index (χ4n) is 7.37. The first kappa shape index (κ1) is 35.5. The third-order valence-corrected chi connectivity index (χ3v) is 10.0. The van der Waals surface area contributed by atoms with Crippen molar-refractivity contribution in [3.8, 4) is 28.7 Å². The van der Waals surface area contributed by atoms with Gasteiger partial charge in [-0.1, -0.05) is 18.2 Å². The van der Waals surface area contributed by atoms with E-state index in [4.69, 9.17) is 23.7 Å². The van der Waals surface area contributed by atoms with Gasteiger partial charge in [0.1, 0.15) is 11.5 Å². The molecule has 0 unspecified atom stereocenters. The van der Waals surface area contributed by atoms with Gasteiger partial charge in [0.2, 0.25) is 0 Å². The molecule has 0 spiro atoms. The van der Waals surface area contributed by atoms with Crippen molar-refractivity contribution in [2.45, 2.75) is 51.1 Å². The van der Waals surface area contributed by atoms with Crippen molar-refractivity contribution in [2.24, 2.45) is 9.98 Å². The van der Waals surface area contributed by atoms with Crippen LogP contribution < -0.4 is 33.5 Å². The maximum absolute atomic E-state index is 14.0. The zero-order valence-corrected chi connectivity index (χ0v) is 30.6. The zero-order valence-electron chi connectivity index (χ0n) is 30.6. The summed E-state index contributed by atoms with van der Waals surface area (Å²) in [4.78, 5) is 63.9. The molecule has 2 amide bonds. The number of esters is 1. The Labute approximate surface area is 317 Å².